The van der Waals surface area contributed by atoms with E-state index in [1.165, 1.54) is 0 Å². The van der Waals surface area contributed by atoms with Crippen molar-refractivity contribution in [2.75, 3.05) is 11.5 Å². The van der Waals surface area contributed by atoms with E-state index in [4.69, 9.17) is 17.3 Å². The zero-order valence-electron chi connectivity index (χ0n) is 10.9. The first-order valence-electron chi connectivity index (χ1n) is 6.16. The number of nitrogen functional groups attached to an aromatic ring is 1. The zero-order chi connectivity index (χ0) is 14.8. The van der Waals surface area contributed by atoms with Gasteiger partial charge in [0.15, 0.2) is 0 Å². The van der Waals surface area contributed by atoms with Crippen LogP contribution < -0.4 is 5.73 Å². The predicted molar refractivity (Wildman–Crippen MR) is 89.7 cm³/mol. The molecule has 7 heteroatoms. The summed E-state index contributed by atoms with van der Waals surface area (Å²) in [5, 5.41) is 10.3. The zero-order valence-corrected chi connectivity index (χ0v) is 13.3. The molecule has 1 aromatic carbocycles. The fourth-order valence-corrected chi connectivity index (χ4v) is 5.34. The van der Waals surface area contributed by atoms with Crippen molar-refractivity contribution >= 4 is 46.5 Å². The third kappa shape index (κ3) is 2.91. The number of halogens is 1. The number of nitriles is 1. The van der Waals surface area contributed by atoms with E-state index in [-0.39, 0.29) is 5.25 Å². The number of allylic oxidation sites excluding steroid dienone is 1. The smallest absolute Gasteiger partial charge is 0.145 e. The minimum atomic E-state index is 0.227. The van der Waals surface area contributed by atoms with Crippen LogP contribution >= 0.6 is 35.1 Å². The van der Waals surface area contributed by atoms with Crippen LogP contribution in [0.1, 0.15) is 10.8 Å². The van der Waals surface area contributed by atoms with Crippen LogP contribution in [0.2, 0.25) is 5.02 Å². The van der Waals surface area contributed by atoms with E-state index in [2.05, 4.69) is 11.1 Å². The number of nitrogens with zero attached hydrogens (tertiary/aromatic N) is 3. The number of nitrogens with two attached hydrogens (primary N) is 1. The molecule has 1 atom stereocenters. The Balaban J connectivity index is 1.90. The Morgan fingerprint density at radius 1 is 1.52 bits per heavy atom. The van der Waals surface area contributed by atoms with Crippen molar-refractivity contribution < 1.29 is 0 Å². The van der Waals surface area contributed by atoms with E-state index in [0.29, 0.717) is 16.4 Å². The third-order valence-electron chi connectivity index (χ3n) is 3.05. The van der Waals surface area contributed by atoms with Crippen LogP contribution in [0.15, 0.2) is 41.2 Å². The highest BCUT2D eigenvalue weighted by atomic mass is 35.5. The molecule has 21 heavy (non-hydrogen) atoms. The van der Waals surface area contributed by atoms with Gasteiger partial charge < -0.3 is 5.73 Å². The van der Waals surface area contributed by atoms with Gasteiger partial charge in [-0.15, -0.1) is 23.5 Å². The molecule has 1 fully saturated rings. The molecule has 0 bridgehead atoms. The Hall–Kier alpha value is -1.55. The van der Waals surface area contributed by atoms with Gasteiger partial charge in [-0.2, -0.15) is 5.26 Å². The van der Waals surface area contributed by atoms with E-state index < -0.39 is 0 Å². The topological polar surface area (TPSA) is 67.6 Å². The molecule has 0 saturated carbocycles. The van der Waals surface area contributed by atoms with Gasteiger partial charge in [0.1, 0.15) is 11.8 Å². The molecule has 4 nitrogen and oxygen atoms in total. The fourth-order valence-electron chi connectivity index (χ4n) is 2.03. The van der Waals surface area contributed by atoms with Gasteiger partial charge in [-0.05, 0) is 17.7 Å². The second-order valence-corrected chi connectivity index (χ2v) is 7.33. The fraction of sp³-hybridized carbons (Fsp3) is 0.143. The van der Waals surface area contributed by atoms with E-state index in [1.54, 1.807) is 52.9 Å². The van der Waals surface area contributed by atoms with E-state index >= 15 is 0 Å². The molecule has 0 spiro atoms. The minimum absolute atomic E-state index is 0.227. The molecule has 1 aliphatic heterocycles. The first kappa shape index (κ1) is 14.4. The first-order valence-corrected chi connectivity index (χ1v) is 8.40. The van der Waals surface area contributed by atoms with Crippen LogP contribution in [-0.2, 0) is 0 Å². The van der Waals surface area contributed by atoms with Crippen molar-refractivity contribution in [1.29, 1.82) is 5.26 Å². The summed E-state index contributed by atoms with van der Waals surface area (Å²) < 4.78 is 2.73. The van der Waals surface area contributed by atoms with Gasteiger partial charge in [0, 0.05) is 34.1 Å². The molecule has 2 aromatic rings. The number of aromatic nitrogens is 2. The maximum atomic E-state index is 9.38. The number of thioether (sulfide) groups is 2. The second kappa shape index (κ2) is 6.06. The lowest BCUT2D eigenvalue weighted by molar-refractivity contribution is 1.10. The molecule has 2 heterocycles. The molecule has 0 radical (unpaired) electrons. The molecule has 1 aliphatic rings. The number of hydrogen-bond donors (Lipinski definition) is 1. The van der Waals surface area contributed by atoms with E-state index in [1.807, 2.05) is 12.1 Å². The lowest BCUT2D eigenvalue weighted by atomic mass is 10.1. The van der Waals surface area contributed by atoms with Gasteiger partial charge in [0.2, 0.25) is 0 Å². The average Bonchev–Trinajstić information content (AvgIpc) is 3.12. The minimum Gasteiger partial charge on any atom is -0.399 e. The van der Waals surface area contributed by atoms with Gasteiger partial charge in [0.25, 0.3) is 0 Å². The molecule has 3 rings (SSSR count). The summed E-state index contributed by atoms with van der Waals surface area (Å²) in [5.41, 5.74) is 8.05. The Bertz CT molecular complexity index is 734. The monoisotopic (exact) mass is 334 g/mol. The molecule has 106 valence electrons. The van der Waals surface area contributed by atoms with Crippen molar-refractivity contribution in [2.45, 2.75) is 5.25 Å². The van der Waals surface area contributed by atoms with Gasteiger partial charge >= 0.3 is 0 Å². The van der Waals surface area contributed by atoms with Gasteiger partial charge in [0.05, 0.1) is 10.6 Å². The molecule has 0 aliphatic carbocycles. The van der Waals surface area contributed by atoms with Crippen molar-refractivity contribution in [2.24, 2.45) is 0 Å². The average molecular weight is 335 g/mol. The molecular weight excluding hydrogens is 324 g/mol. The van der Waals surface area contributed by atoms with Gasteiger partial charge in [-0.25, -0.2) is 4.98 Å². The summed E-state index contributed by atoms with van der Waals surface area (Å²) >= 11 is 9.60. The molecule has 1 aromatic heterocycles. The highest BCUT2D eigenvalue weighted by molar-refractivity contribution is 8.25. The van der Waals surface area contributed by atoms with Gasteiger partial charge in [-0.1, -0.05) is 17.7 Å². The molecule has 2 N–H and O–H groups in total. The summed E-state index contributed by atoms with van der Waals surface area (Å²) in [5.74, 6) is 0.878. The van der Waals surface area contributed by atoms with Crippen LogP contribution in [0.25, 0.3) is 5.70 Å². The van der Waals surface area contributed by atoms with Crippen LogP contribution in [0.4, 0.5) is 5.69 Å². The summed E-state index contributed by atoms with van der Waals surface area (Å²) in [4.78, 5) is 3.99. The van der Waals surface area contributed by atoms with Crippen molar-refractivity contribution in [1.82, 2.24) is 9.55 Å². The van der Waals surface area contributed by atoms with Gasteiger partial charge in [-0.3, -0.25) is 4.57 Å². The Labute approximate surface area is 136 Å². The largest absolute Gasteiger partial charge is 0.399 e. The molecule has 0 amide bonds. The number of benzene rings is 1. The highest BCUT2D eigenvalue weighted by Gasteiger charge is 2.27. The predicted octanol–water partition coefficient (Wildman–Crippen LogP) is 3.99. The van der Waals surface area contributed by atoms with Crippen molar-refractivity contribution in [3.63, 3.8) is 0 Å². The number of hydrogen-bond acceptors (Lipinski definition) is 5. The maximum Gasteiger partial charge on any atom is 0.145 e. The summed E-state index contributed by atoms with van der Waals surface area (Å²) in [6.07, 6.45) is 5.07. The summed E-state index contributed by atoms with van der Waals surface area (Å²) in [6, 6.07) is 7.84. The van der Waals surface area contributed by atoms with Crippen molar-refractivity contribution in [3.05, 3.63) is 51.7 Å². The maximum absolute atomic E-state index is 9.38. The Morgan fingerprint density at radius 3 is 3.05 bits per heavy atom. The number of anilines is 1. The molecular formula is C14H11ClN4S2. The summed E-state index contributed by atoms with van der Waals surface area (Å²) in [6.45, 7) is 0. The molecule has 0 unspecified atom stereocenters. The highest BCUT2D eigenvalue weighted by Crippen LogP contribution is 2.53. The van der Waals surface area contributed by atoms with Crippen molar-refractivity contribution in [3.8, 4) is 6.07 Å². The lowest BCUT2D eigenvalue weighted by Gasteiger charge is -2.10. The SMILES string of the molecule is N#C/C(=C1\SC[C@@H](c2ccc(N)cc2Cl)S1)n1ccnc1. The number of rotatable bonds is 2. The summed E-state index contributed by atoms with van der Waals surface area (Å²) in [7, 11) is 0. The normalized spacial score (nSPS) is 20.3. The van der Waals surface area contributed by atoms with Crippen LogP contribution in [0.5, 0.6) is 0 Å². The first-order chi connectivity index (χ1) is 10.2. The second-order valence-electron chi connectivity index (χ2n) is 4.42. The van der Waals surface area contributed by atoms with Crippen LogP contribution in [0.3, 0.4) is 0 Å². The lowest BCUT2D eigenvalue weighted by Crippen LogP contribution is -1.95. The molecule has 1 saturated heterocycles. The van der Waals surface area contributed by atoms with Crippen LogP contribution in [0, 0.1) is 11.3 Å². The van der Waals surface area contributed by atoms with E-state index in [9.17, 15) is 5.26 Å². The van der Waals surface area contributed by atoms with Crippen LogP contribution in [-0.4, -0.2) is 15.3 Å². The quantitative estimate of drug-likeness (QED) is 0.664. The third-order valence-corrected chi connectivity index (χ3v) is 6.30. The van der Waals surface area contributed by atoms with E-state index in [0.717, 1.165) is 15.6 Å². The number of imidazole rings is 1. The Morgan fingerprint density at radius 2 is 2.38 bits per heavy atom. The standard InChI is InChI=1S/C14H11ClN4S2/c15-11-5-9(17)1-2-10(11)13-7-20-14(21-13)12(6-16)19-4-3-18-8-19/h1-5,8,13H,7,17H2/b14-12-/t13-/m0/s1. The Kier molecular flexibility index (Phi) is 4.15.